The molecule has 0 aliphatic heterocycles. The lowest BCUT2D eigenvalue weighted by Crippen LogP contribution is -2.29. The van der Waals surface area contributed by atoms with Gasteiger partial charge in [-0.1, -0.05) is 30.0 Å². The Hall–Kier alpha value is -2.21. The zero-order chi connectivity index (χ0) is 14.9. The Morgan fingerprint density at radius 2 is 2.05 bits per heavy atom. The molecule has 1 aromatic heterocycles. The summed E-state index contributed by atoms with van der Waals surface area (Å²) in [4.78, 5) is 15.8. The number of nitrogens with two attached hydrogens (primary N) is 1. The summed E-state index contributed by atoms with van der Waals surface area (Å²) in [6, 6.07) is 13.1. The van der Waals surface area contributed by atoms with E-state index in [9.17, 15) is 4.79 Å². The Morgan fingerprint density at radius 1 is 1.24 bits per heavy atom. The molecule has 0 bridgehead atoms. The van der Waals surface area contributed by atoms with E-state index < -0.39 is 0 Å². The van der Waals surface area contributed by atoms with Gasteiger partial charge in [-0.25, -0.2) is 4.98 Å². The number of ether oxygens (including phenoxy) is 1. The predicted molar refractivity (Wildman–Crippen MR) is 84.3 cm³/mol. The average molecular weight is 303 g/mol. The molecule has 0 aliphatic carbocycles. The first-order valence-electron chi connectivity index (χ1n) is 6.53. The molecular formula is C15H17N3O2S. The zero-order valence-corrected chi connectivity index (χ0v) is 12.3. The van der Waals surface area contributed by atoms with Gasteiger partial charge in [0.15, 0.2) is 0 Å². The summed E-state index contributed by atoms with van der Waals surface area (Å²) in [5, 5.41) is 3.57. The van der Waals surface area contributed by atoms with Gasteiger partial charge >= 0.3 is 0 Å². The van der Waals surface area contributed by atoms with E-state index in [4.69, 9.17) is 10.5 Å². The summed E-state index contributed by atoms with van der Waals surface area (Å²) in [5.41, 5.74) is 6.16. The van der Waals surface area contributed by atoms with Crippen molar-refractivity contribution < 1.29 is 9.53 Å². The minimum absolute atomic E-state index is 0.0460. The number of rotatable bonds is 7. The Kier molecular flexibility index (Phi) is 5.90. The second-order valence-electron chi connectivity index (χ2n) is 4.23. The SMILES string of the molecule is Nc1ccc(SCC(=O)NCCOc2ccccc2)nc1. The Balaban J connectivity index is 1.60. The number of anilines is 1. The molecule has 0 atom stereocenters. The number of nitrogens with zero attached hydrogens (tertiary/aromatic N) is 1. The topological polar surface area (TPSA) is 77.2 Å². The maximum Gasteiger partial charge on any atom is 0.230 e. The first kappa shape index (κ1) is 15.2. The van der Waals surface area contributed by atoms with Crippen molar-refractivity contribution >= 4 is 23.4 Å². The zero-order valence-electron chi connectivity index (χ0n) is 11.5. The summed E-state index contributed by atoms with van der Waals surface area (Å²) in [5.74, 6) is 1.07. The molecule has 0 radical (unpaired) electrons. The van der Waals surface area contributed by atoms with E-state index in [2.05, 4.69) is 10.3 Å². The number of para-hydroxylation sites is 1. The van der Waals surface area contributed by atoms with Crippen LogP contribution in [0.2, 0.25) is 0 Å². The predicted octanol–water partition coefficient (Wildman–Crippen LogP) is 1.95. The average Bonchev–Trinajstić information content (AvgIpc) is 2.52. The highest BCUT2D eigenvalue weighted by atomic mass is 32.2. The molecule has 1 heterocycles. The lowest BCUT2D eigenvalue weighted by atomic mass is 10.3. The molecule has 0 spiro atoms. The number of carbonyl (C=O) groups is 1. The third kappa shape index (κ3) is 5.74. The van der Waals surface area contributed by atoms with Crippen LogP contribution >= 0.6 is 11.8 Å². The van der Waals surface area contributed by atoms with Gasteiger partial charge in [-0.3, -0.25) is 4.79 Å². The molecule has 5 nitrogen and oxygen atoms in total. The van der Waals surface area contributed by atoms with E-state index in [1.165, 1.54) is 11.8 Å². The van der Waals surface area contributed by atoms with Crippen LogP contribution in [0.3, 0.4) is 0 Å². The first-order valence-corrected chi connectivity index (χ1v) is 7.51. The van der Waals surface area contributed by atoms with Crippen molar-refractivity contribution in [2.24, 2.45) is 0 Å². The van der Waals surface area contributed by atoms with Crippen LogP contribution < -0.4 is 15.8 Å². The second kappa shape index (κ2) is 8.16. The maximum atomic E-state index is 11.7. The monoisotopic (exact) mass is 303 g/mol. The van der Waals surface area contributed by atoms with E-state index in [1.54, 1.807) is 18.3 Å². The highest BCUT2D eigenvalue weighted by molar-refractivity contribution is 7.99. The van der Waals surface area contributed by atoms with Crippen molar-refractivity contribution in [1.29, 1.82) is 0 Å². The van der Waals surface area contributed by atoms with Gasteiger partial charge in [0.2, 0.25) is 5.91 Å². The van der Waals surface area contributed by atoms with Gasteiger partial charge in [-0.15, -0.1) is 0 Å². The third-order valence-electron chi connectivity index (χ3n) is 2.55. The van der Waals surface area contributed by atoms with Gasteiger partial charge in [0, 0.05) is 0 Å². The number of hydrogen-bond donors (Lipinski definition) is 2. The van der Waals surface area contributed by atoms with E-state index in [0.717, 1.165) is 10.8 Å². The standard InChI is InChI=1S/C15H17N3O2S/c16-12-6-7-15(18-10-12)21-11-14(19)17-8-9-20-13-4-2-1-3-5-13/h1-7,10H,8-9,11,16H2,(H,17,19). The molecule has 2 aromatic rings. The van der Waals surface area contributed by atoms with Crippen molar-refractivity contribution in [1.82, 2.24) is 10.3 Å². The van der Waals surface area contributed by atoms with Crippen molar-refractivity contribution in [3.8, 4) is 5.75 Å². The molecule has 2 rings (SSSR count). The number of aromatic nitrogens is 1. The highest BCUT2D eigenvalue weighted by Crippen LogP contribution is 2.15. The summed E-state index contributed by atoms with van der Waals surface area (Å²) < 4.78 is 5.48. The molecule has 110 valence electrons. The summed E-state index contributed by atoms with van der Waals surface area (Å²) >= 11 is 1.37. The fourth-order valence-electron chi connectivity index (χ4n) is 1.54. The van der Waals surface area contributed by atoms with Crippen molar-refractivity contribution in [2.45, 2.75) is 5.03 Å². The van der Waals surface area contributed by atoms with Gasteiger partial charge in [-0.2, -0.15) is 0 Å². The van der Waals surface area contributed by atoms with Crippen LogP contribution in [0.25, 0.3) is 0 Å². The Morgan fingerprint density at radius 3 is 2.76 bits per heavy atom. The van der Waals surface area contributed by atoms with Crippen molar-refractivity contribution in [2.75, 3.05) is 24.6 Å². The number of hydrogen-bond acceptors (Lipinski definition) is 5. The van der Waals surface area contributed by atoms with E-state index in [-0.39, 0.29) is 5.91 Å². The highest BCUT2D eigenvalue weighted by Gasteiger charge is 2.03. The summed E-state index contributed by atoms with van der Waals surface area (Å²) in [6.45, 7) is 0.921. The Labute approximate surface area is 127 Å². The molecule has 21 heavy (non-hydrogen) atoms. The van der Waals surface area contributed by atoms with Crippen LogP contribution in [0.4, 0.5) is 5.69 Å². The van der Waals surface area contributed by atoms with Crippen LogP contribution in [-0.4, -0.2) is 29.8 Å². The lowest BCUT2D eigenvalue weighted by Gasteiger charge is -2.07. The smallest absolute Gasteiger partial charge is 0.230 e. The van der Waals surface area contributed by atoms with E-state index in [0.29, 0.717) is 24.6 Å². The number of nitrogens with one attached hydrogen (secondary N) is 1. The number of thioether (sulfide) groups is 1. The molecule has 6 heteroatoms. The third-order valence-corrected chi connectivity index (χ3v) is 3.49. The van der Waals surface area contributed by atoms with Crippen LogP contribution in [0, 0.1) is 0 Å². The summed E-state index contributed by atoms with van der Waals surface area (Å²) in [6.07, 6.45) is 1.58. The van der Waals surface area contributed by atoms with Gasteiger partial charge < -0.3 is 15.8 Å². The fraction of sp³-hybridized carbons (Fsp3) is 0.200. The number of carbonyl (C=O) groups excluding carboxylic acids is 1. The Bertz CT molecular complexity index is 561. The van der Waals surface area contributed by atoms with Gasteiger partial charge in [-0.05, 0) is 24.3 Å². The normalized spacial score (nSPS) is 10.1. The van der Waals surface area contributed by atoms with Crippen molar-refractivity contribution in [3.63, 3.8) is 0 Å². The lowest BCUT2D eigenvalue weighted by molar-refractivity contribution is -0.118. The van der Waals surface area contributed by atoms with Gasteiger partial charge in [0.1, 0.15) is 12.4 Å². The van der Waals surface area contributed by atoms with E-state index >= 15 is 0 Å². The molecule has 0 saturated carbocycles. The largest absolute Gasteiger partial charge is 0.492 e. The number of benzene rings is 1. The van der Waals surface area contributed by atoms with Crippen LogP contribution in [0.1, 0.15) is 0 Å². The van der Waals surface area contributed by atoms with Gasteiger partial charge in [0.25, 0.3) is 0 Å². The molecule has 0 aliphatic rings. The number of pyridine rings is 1. The molecule has 1 aromatic carbocycles. The minimum atomic E-state index is -0.0460. The molecule has 0 unspecified atom stereocenters. The first-order chi connectivity index (χ1) is 10.2. The minimum Gasteiger partial charge on any atom is -0.492 e. The molecular weight excluding hydrogens is 286 g/mol. The fourth-order valence-corrected chi connectivity index (χ4v) is 2.22. The van der Waals surface area contributed by atoms with Crippen LogP contribution in [0.15, 0.2) is 53.7 Å². The van der Waals surface area contributed by atoms with E-state index in [1.807, 2.05) is 30.3 Å². The molecule has 1 amide bonds. The molecule has 0 fully saturated rings. The van der Waals surface area contributed by atoms with Crippen molar-refractivity contribution in [3.05, 3.63) is 48.7 Å². The summed E-state index contributed by atoms with van der Waals surface area (Å²) in [7, 11) is 0. The number of amides is 1. The quantitative estimate of drug-likeness (QED) is 0.604. The van der Waals surface area contributed by atoms with Crippen LogP contribution in [0.5, 0.6) is 5.75 Å². The van der Waals surface area contributed by atoms with Crippen LogP contribution in [-0.2, 0) is 4.79 Å². The molecule has 0 saturated heterocycles. The van der Waals surface area contributed by atoms with Gasteiger partial charge in [0.05, 0.1) is 29.2 Å². The maximum absolute atomic E-state index is 11.7. The second-order valence-corrected chi connectivity index (χ2v) is 5.23. The molecule has 3 N–H and O–H groups in total. The number of nitrogen functional groups attached to an aromatic ring is 1.